The van der Waals surface area contributed by atoms with Gasteiger partial charge in [0.25, 0.3) is 0 Å². The van der Waals surface area contributed by atoms with Crippen molar-refractivity contribution in [1.82, 2.24) is 4.98 Å². The van der Waals surface area contributed by atoms with Gasteiger partial charge in [-0.05, 0) is 73.5 Å². The van der Waals surface area contributed by atoms with Crippen LogP contribution in [0.1, 0.15) is 35.7 Å². The SMILES string of the molecule is CC(=O)c1ccc(OCCCC(=O)Nc2ccc(SCc3cccnc3)cc2)cc1. The average molecular weight is 421 g/mol. The van der Waals surface area contributed by atoms with Crippen LogP contribution >= 0.6 is 11.8 Å². The summed E-state index contributed by atoms with van der Waals surface area (Å²) < 4.78 is 5.62. The Balaban J connectivity index is 1.35. The molecule has 0 spiro atoms. The molecular weight excluding hydrogens is 396 g/mol. The first-order chi connectivity index (χ1) is 14.6. The molecule has 154 valence electrons. The van der Waals surface area contributed by atoms with Crippen molar-refractivity contribution in [2.24, 2.45) is 0 Å². The Morgan fingerprint density at radius 2 is 1.80 bits per heavy atom. The lowest BCUT2D eigenvalue weighted by Gasteiger charge is -2.08. The standard InChI is InChI=1S/C24H24N2O3S/c1-18(27)20-6-10-22(11-7-20)29-15-3-5-24(28)26-21-8-12-23(13-9-21)30-17-19-4-2-14-25-16-19/h2,4,6-14,16H,3,5,15,17H2,1H3,(H,26,28). The summed E-state index contributed by atoms with van der Waals surface area (Å²) in [5, 5.41) is 2.91. The van der Waals surface area contributed by atoms with Gasteiger partial charge < -0.3 is 10.1 Å². The van der Waals surface area contributed by atoms with E-state index < -0.39 is 0 Å². The summed E-state index contributed by atoms with van der Waals surface area (Å²) in [7, 11) is 0. The van der Waals surface area contributed by atoms with Gasteiger partial charge in [-0.1, -0.05) is 6.07 Å². The zero-order valence-corrected chi connectivity index (χ0v) is 17.7. The van der Waals surface area contributed by atoms with Crippen LogP contribution in [0.3, 0.4) is 0 Å². The first-order valence-corrected chi connectivity index (χ1v) is 10.7. The topological polar surface area (TPSA) is 68.3 Å². The number of anilines is 1. The zero-order valence-electron chi connectivity index (χ0n) is 16.8. The lowest BCUT2D eigenvalue weighted by atomic mass is 10.1. The normalized spacial score (nSPS) is 10.4. The molecule has 3 rings (SSSR count). The van der Waals surface area contributed by atoms with E-state index in [4.69, 9.17) is 4.74 Å². The number of hydrogen-bond acceptors (Lipinski definition) is 5. The maximum Gasteiger partial charge on any atom is 0.224 e. The van der Waals surface area contributed by atoms with Crippen molar-refractivity contribution in [2.45, 2.75) is 30.4 Å². The maximum atomic E-state index is 12.1. The molecule has 0 aliphatic rings. The number of ether oxygens (including phenoxy) is 1. The molecule has 30 heavy (non-hydrogen) atoms. The van der Waals surface area contributed by atoms with Gasteiger partial charge in [0.15, 0.2) is 5.78 Å². The molecule has 0 saturated heterocycles. The Morgan fingerprint density at radius 3 is 2.47 bits per heavy atom. The van der Waals surface area contributed by atoms with Crippen LogP contribution in [-0.4, -0.2) is 23.3 Å². The average Bonchev–Trinajstić information content (AvgIpc) is 2.77. The quantitative estimate of drug-likeness (QED) is 0.271. The van der Waals surface area contributed by atoms with Crippen molar-refractivity contribution in [3.8, 4) is 5.75 Å². The highest BCUT2D eigenvalue weighted by atomic mass is 32.2. The summed E-state index contributed by atoms with van der Waals surface area (Å²) >= 11 is 1.73. The van der Waals surface area contributed by atoms with Crippen molar-refractivity contribution >= 4 is 29.1 Å². The summed E-state index contributed by atoms with van der Waals surface area (Å²) in [6, 6.07) is 18.8. The van der Waals surface area contributed by atoms with Gasteiger partial charge in [0.05, 0.1) is 6.61 Å². The lowest BCUT2D eigenvalue weighted by Crippen LogP contribution is -2.12. The number of benzene rings is 2. The van der Waals surface area contributed by atoms with E-state index in [1.807, 2.05) is 36.5 Å². The molecule has 0 bridgehead atoms. The summed E-state index contributed by atoms with van der Waals surface area (Å²) in [4.78, 5) is 28.6. The Bertz CT molecular complexity index is 958. The van der Waals surface area contributed by atoms with E-state index in [1.165, 1.54) is 12.5 Å². The van der Waals surface area contributed by atoms with Gasteiger partial charge in [0, 0.05) is 40.7 Å². The van der Waals surface area contributed by atoms with Crippen LogP contribution in [0.4, 0.5) is 5.69 Å². The predicted octanol–water partition coefficient (Wildman–Crippen LogP) is 5.37. The molecule has 1 amide bonds. The molecule has 0 atom stereocenters. The number of nitrogens with zero attached hydrogens (tertiary/aromatic N) is 1. The maximum absolute atomic E-state index is 12.1. The van der Waals surface area contributed by atoms with Gasteiger partial charge in [-0.25, -0.2) is 0 Å². The summed E-state index contributed by atoms with van der Waals surface area (Å²) in [5.41, 5.74) is 2.62. The Kier molecular flexibility index (Phi) is 8.03. The third kappa shape index (κ3) is 7.04. The molecule has 2 aromatic carbocycles. The molecule has 1 aromatic heterocycles. The molecule has 6 heteroatoms. The largest absolute Gasteiger partial charge is 0.494 e. The Hall–Kier alpha value is -3.12. The molecule has 1 N–H and O–H groups in total. The zero-order chi connectivity index (χ0) is 21.2. The molecule has 0 unspecified atom stereocenters. The van der Waals surface area contributed by atoms with Gasteiger partial charge in [-0.15, -0.1) is 11.8 Å². The highest BCUT2D eigenvalue weighted by Crippen LogP contribution is 2.24. The highest BCUT2D eigenvalue weighted by Gasteiger charge is 2.04. The molecule has 0 saturated carbocycles. The van der Waals surface area contributed by atoms with E-state index in [-0.39, 0.29) is 11.7 Å². The number of nitrogens with one attached hydrogen (secondary N) is 1. The summed E-state index contributed by atoms with van der Waals surface area (Å²) in [5.74, 6) is 1.54. The minimum atomic E-state index is -0.0405. The Labute approximate surface area is 180 Å². The first kappa shape index (κ1) is 21.6. The van der Waals surface area contributed by atoms with Crippen molar-refractivity contribution < 1.29 is 14.3 Å². The van der Waals surface area contributed by atoms with Crippen molar-refractivity contribution in [3.63, 3.8) is 0 Å². The van der Waals surface area contributed by atoms with Crippen molar-refractivity contribution in [1.29, 1.82) is 0 Å². The van der Waals surface area contributed by atoms with Crippen LogP contribution in [0.2, 0.25) is 0 Å². The number of pyridine rings is 1. The molecule has 0 radical (unpaired) electrons. The molecule has 0 aliphatic heterocycles. The minimum Gasteiger partial charge on any atom is -0.494 e. The number of amides is 1. The first-order valence-electron chi connectivity index (χ1n) is 9.75. The fourth-order valence-electron chi connectivity index (χ4n) is 2.72. The number of thioether (sulfide) groups is 1. The number of carbonyl (C=O) groups excluding carboxylic acids is 2. The molecule has 0 aliphatic carbocycles. The van der Waals surface area contributed by atoms with E-state index in [2.05, 4.69) is 16.4 Å². The number of rotatable bonds is 10. The lowest BCUT2D eigenvalue weighted by molar-refractivity contribution is -0.116. The number of aromatic nitrogens is 1. The van der Waals surface area contributed by atoms with E-state index in [9.17, 15) is 9.59 Å². The molecular formula is C24H24N2O3S. The second-order valence-electron chi connectivity index (χ2n) is 6.76. The van der Waals surface area contributed by atoms with E-state index in [0.29, 0.717) is 30.8 Å². The van der Waals surface area contributed by atoms with E-state index >= 15 is 0 Å². The molecule has 5 nitrogen and oxygen atoms in total. The van der Waals surface area contributed by atoms with Gasteiger partial charge in [0.2, 0.25) is 5.91 Å². The van der Waals surface area contributed by atoms with Crippen LogP contribution in [0.25, 0.3) is 0 Å². The van der Waals surface area contributed by atoms with E-state index in [0.717, 1.165) is 16.3 Å². The highest BCUT2D eigenvalue weighted by molar-refractivity contribution is 7.98. The number of ketones is 1. The predicted molar refractivity (Wildman–Crippen MR) is 120 cm³/mol. The number of Topliss-reactive ketones (excluding diaryl/α,β-unsaturated/α-hetero) is 1. The smallest absolute Gasteiger partial charge is 0.224 e. The minimum absolute atomic E-state index is 0.0262. The third-order valence-electron chi connectivity index (χ3n) is 4.34. The third-order valence-corrected chi connectivity index (χ3v) is 5.43. The van der Waals surface area contributed by atoms with Crippen molar-refractivity contribution in [3.05, 3.63) is 84.2 Å². The second-order valence-corrected chi connectivity index (χ2v) is 7.80. The number of hydrogen-bond donors (Lipinski definition) is 1. The van der Waals surface area contributed by atoms with E-state index in [1.54, 1.807) is 42.2 Å². The summed E-state index contributed by atoms with van der Waals surface area (Å²) in [6.07, 6.45) is 4.62. The van der Waals surface area contributed by atoms with Crippen LogP contribution in [-0.2, 0) is 10.5 Å². The molecule has 0 fully saturated rings. The second kappa shape index (κ2) is 11.2. The Morgan fingerprint density at radius 1 is 1.03 bits per heavy atom. The van der Waals surface area contributed by atoms with Crippen LogP contribution in [0.5, 0.6) is 5.75 Å². The molecule has 1 heterocycles. The fourth-order valence-corrected chi connectivity index (χ4v) is 3.55. The van der Waals surface area contributed by atoms with Gasteiger partial charge in [-0.2, -0.15) is 0 Å². The van der Waals surface area contributed by atoms with Crippen LogP contribution in [0, 0.1) is 0 Å². The van der Waals surface area contributed by atoms with Crippen LogP contribution in [0.15, 0.2) is 78.0 Å². The van der Waals surface area contributed by atoms with Gasteiger partial charge >= 0.3 is 0 Å². The van der Waals surface area contributed by atoms with Crippen LogP contribution < -0.4 is 10.1 Å². The van der Waals surface area contributed by atoms with Crippen molar-refractivity contribution in [2.75, 3.05) is 11.9 Å². The summed E-state index contributed by atoms with van der Waals surface area (Å²) in [6.45, 7) is 1.97. The van der Waals surface area contributed by atoms with Gasteiger partial charge in [0.1, 0.15) is 5.75 Å². The fraction of sp³-hybridized carbons (Fsp3) is 0.208. The monoisotopic (exact) mass is 420 g/mol. The van der Waals surface area contributed by atoms with Gasteiger partial charge in [-0.3, -0.25) is 14.6 Å². The number of carbonyl (C=O) groups is 2. The molecule has 3 aromatic rings.